The molecule has 0 bridgehead atoms. The number of ether oxygens (including phenoxy) is 1. The molecule has 8 rings (SSSR count). The molecule has 58 heavy (non-hydrogen) atoms. The number of halogens is 2. The number of nitrogens with zero attached hydrogens (tertiary/aromatic N) is 4. The lowest BCUT2D eigenvalue weighted by molar-refractivity contribution is -0.141. The molecule has 4 heterocycles. The summed E-state index contributed by atoms with van der Waals surface area (Å²) in [7, 11) is -4.10. The number of benzene rings is 2. The van der Waals surface area contributed by atoms with Crippen LogP contribution in [0.1, 0.15) is 80.5 Å². The summed E-state index contributed by atoms with van der Waals surface area (Å²) in [6.07, 6.45) is -1.05. The summed E-state index contributed by atoms with van der Waals surface area (Å²) >= 11 is 0. The topological polar surface area (TPSA) is 203 Å². The Hall–Kier alpha value is -5.52. The number of alkyl halides is 2. The second-order valence-corrected chi connectivity index (χ2v) is 17.7. The maximum absolute atomic E-state index is 15.4. The molecule has 306 valence electrons. The first-order chi connectivity index (χ1) is 27.7. The van der Waals surface area contributed by atoms with Gasteiger partial charge in [0.2, 0.25) is 33.6 Å². The second kappa shape index (κ2) is 15.3. The van der Waals surface area contributed by atoms with Gasteiger partial charge in [-0.1, -0.05) is 60.5 Å². The summed E-state index contributed by atoms with van der Waals surface area (Å²) in [4.78, 5) is 67.1. The highest BCUT2D eigenvalue weighted by Crippen LogP contribution is 2.51. The Bertz CT molecular complexity index is 2360. The van der Waals surface area contributed by atoms with E-state index in [1.807, 2.05) is 47.2 Å². The van der Waals surface area contributed by atoms with Gasteiger partial charge >= 0.3 is 0 Å². The molecule has 2 saturated carbocycles. The molecule has 4 fully saturated rings. The first kappa shape index (κ1) is 39.3. The number of nitrogens with one attached hydrogen (secondary N) is 3. The smallest absolute Gasteiger partial charge is 0.274 e. The van der Waals surface area contributed by atoms with E-state index in [9.17, 15) is 27.6 Å². The summed E-state index contributed by atoms with van der Waals surface area (Å²) < 4.78 is 70.3. The van der Waals surface area contributed by atoms with E-state index < -0.39 is 87.3 Å². The van der Waals surface area contributed by atoms with Crippen LogP contribution in [0.5, 0.6) is 5.88 Å². The number of sulfonamides is 1. The van der Waals surface area contributed by atoms with Crippen LogP contribution in [0.25, 0.3) is 22.3 Å². The summed E-state index contributed by atoms with van der Waals surface area (Å²) in [6, 6.07) is 15.3. The number of fused-ring (bicyclic) bond motifs is 3. The number of hydrogen-bond donors (Lipinski definition) is 3. The largest absolute Gasteiger partial charge is 0.471 e. The molecule has 0 radical (unpaired) electrons. The highest BCUT2D eigenvalue weighted by atomic mass is 32.2. The Morgan fingerprint density at radius 3 is 2.40 bits per heavy atom. The van der Waals surface area contributed by atoms with Crippen LogP contribution in [0, 0.1) is 12.8 Å². The molecule has 5 atom stereocenters. The minimum atomic E-state index is -4.10. The molecule has 3 N–H and O–H groups in total. The van der Waals surface area contributed by atoms with Gasteiger partial charge in [0.25, 0.3) is 11.8 Å². The Morgan fingerprint density at radius 2 is 1.69 bits per heavy atom. The summed E-state index contributed by atoms with van der Waals surface area (Å²) in [6.45, 7) is 1.44. The Labute approximate surface area is 332 Å². The van der Waals surface area contributed by atoms with E-state index in [1.165, 1.54) is 11.0 Å². The molecule has 15 nitrogen and oxygen atoms in total. The number of para-hydroxylation sites is 2. The fourth-order valence-electron chi connectivity index (χ4n) is 7.97. The number of rotatable bonds is 8. The predicted molar refractivity (Wildman–Crippen MR) is 204 cm³/mol. The van der Waals surface area contributed by atoms with E-state index in [-0.39, 0.29) is 50.2 Å². The highest BCUT2D eigenvalue weighted by molar-refractivity contribution is 7.91. The van der Waals surface area contributed by atoms with Crippen LogP contribution in [0.2, 0.25) is 0 Å². The van der Waals surface area contributed by atoms with Crippen LogP contribution in [-0.4, -0.2) is 93.5 Å². The number of hydrogen-bond acceptors (Lipinski definition) is 11. The summed E-state index contributed by atoms with van der Waals surface area (Å²) in [5.41, 5.74) is 0.236. The lowest BCUT2D eigenvalue weighted by Gasteiger charge is -2.30. The van der Waals surface area contributed by atoms with Crippen molar-refractivity contribution in [1.82, 2.24) is 35.4 Å². The zero-order chi connectivity index (χ0) is 40.8. The van der Waals surface area contributed by atoms with E-state index in [4.69, 9.17) is 19.2 Å². The zero-order valence-corrected chi connectivity index (χ0v) is 32.5. The zero-order valence-electron chi connectivity index (χ0n) is 31.7. The van der Waals surface area contributed by atoms with Gasteiger partial charge < -0.3 is 24.8 Å². The van der Waals surface area contributed by atoms with Crippen molar-refractivity contribution in [2.45, 2.75) is 106 Å². The van der Waals surface area contributed by atoms with Gasteiger partial charge in [-0.15, -0.1) is 0 Å². The highest BCUT2D eigenvalue weighted by Gasteiger charge is 2.65. The number of aromatic nitrogens is 3. The molecule has 4 aromatic rings. The average Bonchev–Trinajstić information content (AvgIpc) is 4.07. The third-order valence-electron chi connectivity index (χ3n) is 11.3. The number of carbonyl (C=O) groups excluding carboxylic acids is 4. The second-order valence-electron chi connectivity index (χ2n) is 15.8. The molecule has 2 aliphatic carbocycles. The van der Waals surface area contributed by atoms with Gasteiger partial charge in [0.05, 0.1) is 22.8 Å². The molecular formula is C40H43F2N7O8S. The SMILES string of the molecule is Cc1cc(C(=O)N[C@H]2CCCCCC(F)(F)C[C@@H]3C[C@@]3(C(=O)NS(=O)(=O)C3CC3)NC(=O)[C@@H]3C[C@@H](Oc4nc5ccccc5nc4-c4ccccc4)CN3C2=O)no1. The first-order valence-corrected chi connectivity index (χ1v) is 21.1. The molecule has 0 unspecified atom stereocenters. The van der Waals surface area contributed by atoms with Gasteiger partial charge in [0.1, 0.15) is 35.2 Å². The van der Waals surface area contributed by atoms with E-state index in [0.29, 0.717) is 47.3 Å². The van der Waals surface area contributed by atoms with Gasteiger partial charge in [-0.05, 0) is 57.1 Å². The first-order valence-electron chi connectivity index (χ1n) is 19.5. The molecule has 2 saturated heterocycles. The van der Waals surface area contributed by atoms with E-state index >= 15 is 8.78 Å². The summed E-state index contributed by atoms with van der Waals surface area (Å²) in [5, 5.41) is 8.33. The third kappa shape index (κ3) is 8.24. The minimum Gasteiger partial charge on any atom is -0.471 e. The van der Waals surface area contributed by atoms with Crippen molar-refractivity contribution in [3.63, 3.8) is 0 Å². The predicted octanol–water partition coefficient (Wildman–Crippen LogP) is 4.21. The maximum Gasteiger partial charge on any atom is 0.274 e. The van der Waals surface area contributed by atoms with E-state index in [2.05, 4.69) is 15.8 Å². The van der Waals surface area contributed by atoms with Crippen molar-refractivity contribution < 1.29 is 45.6 Å². The van der Waals surface area contributed by atoms with Crippen LogP contribution in [0.15, 0.2) is 65.2 Å². The molecule has 18 heteroatoms. The third-order valence-corrected chi connectivity index (χ3v) is 13.1. The quantitative estimate of drug-likeness (QED) is 0.230. The molecular weight excluding hydrogens is 777 g/mol. The number of amides is 4. The van der Waals surface area contributed by atoms with Crippen molar-refractivity contribution in [2.75, 3.05) is 6.54 Å². The van der Waals surface area contributed by atoms with Crippen LogP contribution < -0.4 is 20.1 Å². The van der Waals surface area contributed by atoms with Crippen molar-refractivity contribution in [2.24, 2.45) is 5.92 Å². The van der Waals surface area contributed by atoms with Crippen molar-refractivity contribution in [1.29, 1.82) is 0 Å². The Kier molecular flexibility index (Phi) is 10.4. The van der Waals surface area contributed by atoms with Gasteiger partial charge in [0, 0.05) is 30.9 Å². The molecule has 4 amide bonds. The van der Waals surface area contributed by atoms with E-state index in [0.717, 1.165) is 0 Å². The lowest BCUT2D eigenvalue weighted by atomic mass is 10.00. The Morgan fingerprint density at radius 1 is 0.966 bits per heavy atom. The molecule has 2 aromatic heterocycles. The standard InChI is InChI=1S/C40H43F2N7O8S/c1-23-18-31(47-57-23)34(50)44-30-14-6-3-9-17-39(41,42)20-25-21-40(25,38(53)48-58(54,55)27-15-16-27)46-35(51)32-19-26(22-49(32)37(30)52)56-36-33(24-10-4-2-5-11-24)43-28-12-7-8-13-29(28)45-36/h2,4-5,7-8,10-13,18,25-27,30,32H,3,6,9,14-17,19-22H2,1H3,(H,44,50)(H,46,51)(H,48,53)/t25-,26-,30+,32+,40-/m1/s1. The normalized spacial score (nSPS) is 26.4. The van der Waals surface area contributed by atoms with Crippen molar-refractivity contribution in [3.8, 4) is 17.1 Å². The van der Waals surface area contributed by atoms with Gasteiger partial charge in [-0.3, -0.25) is 23.9 Å². The Balaban J connectivity index is 1.14. The average molecular weight is 820 g/mol. The van der Waals surface area contributed by atoms with Gasteiger partial charge in [-0.25, -0.2) is 27.2 Å². The van der Waals surface area contributed by atoms with Gasteiger partial charge in [0.15, 0.2) is 5.69 Å². The van der Waals surface area contributed by atoms with Crippen LogP contribution >= 0.6 is 0 Å². The maximum atomic E-state index is 15.4. The molecule has 2 aromatic carbocycles. The lowest BCUT2D eigenvalue weighted by Crippen LogP contribution is -2.58. The molecule has 0 spiro atoms. The number of carbonyl (C=O) groups is 4. The molecule has 4 aliphatic rings. The minimum absolute atomic E-state index is 0.0612. The van der Waals surface area contributed by atoms with Gasteiger partial charge in [-0.2, -0.15) is 0 Å². The number of aryl methyl sites for hydroxylation is 1. The fraction of sp³-hybridized carbons (Fsp3) is 0.475. The van der Waals surface area contributed by atoms with Crippen molar-refractivity contribution >= 4 is 44.7 Å². The van der Waals surface area contributed by atoms with Crippen LogP contribution in [0.4, 0.5) is 8.78 Å². The van der Waals surface area contributed by atoms with Crippen LogP contribution in [0.3, 0.4) is 0 Å². The summed E-state index contributed by atoms with van der Waals surface area (Å²) in [5.74, 6) is -7.08. The van der Waals surface area contributed by atoms with Crippen molar-refractivity contribution in [3.05, 3.63) is 72.1 Å². The van der Waals surface area contributed by atoms with E-state index in [1.54, 1.807) is 19.1 Å². The van der Waals surface area contributed by atoms with Crippen LogP contribution in [-0.2, 0) is 24.4 Å². The monoisotopic (exact) mass is 819 g/mol. The fourth-order valence-corrected chi connectivity index (χ4v) is 9.33. The molecule has 2 aliphatic heterocycles.